The normalized spacial score (nSPS) is 20.2. The van der Waals surface area contributed by atoms with Gasteiger partial charge in [0, 0.05) is 44.3 Å². The Kier molecular flexibility index (Phi) is 6.34. The number of furan rings is 1. The summed E-state index contributed by atoms with van der Waals surface area (Å²) in [6.45, 7) is 5.76. The topological polar surface area (TPSA) is 121 Å². The van der Waals surface area contributed by atoms with E-state index < -0.39 is 6.10 Å². The fraction of sp³-hybridized carbons (Fsp3) is 0.444. The van der Waals surface area contributed by atoms with Gasteiger partial charge in [-0.05, 0) is 57.0 Å². The lowest BCUT2D eigenvalue weighted by Gasteiger charge is -2.23. The van der Waals surface area contributed by atoms with Crippen LogP contribution in [0.1, 0.15) is 69.5 Å². The van der Waals surface area contributed by atoms with Gasteiger partial charge in [-0.1, -0.05) is 0 Å². The molecule has 0 aliphatic carbocycles. The maximum Gasteiger partial charge on any atom is 0.255 e. The van der Waals surface area contributed by atoms with Crippen molar-refractivity contribution in [1.82, 2.24) is 15.2 Å². The van der Waals surface area contributed by atoms with E-state index in [1.165, 1.54) is 6.21 Å². The van der Waals surface area contributed by atoms with Crippen LogP contribution in [0, 0.1) is 19.3 Å². The van der Waals surface area contributed by atoms with Crippen molar-refractivity contribution in [1.29, 1.82) is 5.41 Å². The second-order valence-electron chi connectivity index (χ2n) is 9.67. The van der Waals surface area contributed by atoms with Crippen molar-refractivity contribution in [3.8, 4) is 5.75 Å². The van der Waals surface area contributed by atoms with Gasteiger partial charge in [0.2, 0.25) is 0 Å². The van der Waals surface area contributed by atoms with Crippen LogP contribution in [-0.2, 0) is 4.74 Å². The van der Waals surface area contributed by atoms with Crippen LogP contribution in [-0.4, -0.2) is 60.3 Å². The standard InChI is InChI=1S/C27H32N4O5/c1-16-20(26(33)31-11-9-27(15-31)8-4-12-34-27)14-30-24(16)21(7-10-28)36-18-5-6-19-22(13-18)35-17(2)23(19)25(32)29-3/h5-6,10,13-14,21,28,30H,4,7-9,11-12,15H2,1-3H3,(H,29,32). The Balaban J connectivity index is 1.37. The molecule has 1 aromatic carbocycles. The molecule has 5 rings (SSSR count). The van der Waals surface area contributed by atoms with Gasteiger partial charge in [-0.3, -0.25) is 9.59 Å². The zero-order valence-corrected chi connectivity index (χ0v) is 20.9. The second-order valence-corrected chi connectivity index (χ2v) is 9.67. The molecule has 2 saturated heterocycles. The molecular weight excluding hydrogens is 460 g/mol. The van der Waals surface area contributed by atoms with Crippen LogP contribution in [0.3, 0.4) is 0 Å². The highest BCUT2D eigenvalue weighted by molar-refractivity contribution is 6.07. The summed E-state index contributed by atoms with van der Waals surface area (Å²) in [5, 5.41) is 11.0. The van der Waals surface area contributed by atoms with Gasteiger partial charge in [0.1, 0.15) is 23.2 Å². The van der Waals surface area contributed by atoms with E-state index in [4.69, 9.17) is 19.3 Å². The number of nitrogens with zero attached hydrogens (tertiary/aromatic N) is 1. The number of aryl methyl sites for hydroxylation is 1. The van der Waals surface area contributed by atoms with Crippen molar-refractivity contribution in [2.24, 2.45) is 0 Å². The second kappa shape index (κ2) is 9.46. The minimum Gasteiger partial charge on any atom is -0.484 e. The smallest absolute Gasteiger partial charge is 0.255 e. The van der Waals surface area contributed by atoms with Crippen molar-refractivity contribution >= 4 is 29.0 Å². The third-order valence-corrected chi connectivity index (χ3v) is 7.42. The molecular formula is C27H32N4O5. The summed E-state index contributed by atoms with van der Waals surface area (Å²) in [6, 6.07) is 5.34. The molecule has 2 amide bonds. The number of aromatic nitrogens is 1. The summed E-state index contributed by atoms with van der Waals surface area (Å²) >= 11 is 0. The Morgan fingerprint density at radius 2 is 2.17 bits per heavy atom. The molecule has 0 bridgehead atoms. The highest BCUT2D eigenvalue weighted by atomic mass is 16.5. The lowest BCUT2D eigenvalue weighted by atomic mass is 10.00. The number of rotatable bonds is 7. The summed E-state index contributed by atoms with van der Waals surface area (Å²) in [6.07, 6.45) is 5.82. The molecule has 36 heavy (non-hydrogen) atoms. The predicted molar refractivity (Wildman–Crippen MR) is 135 cm³/mol. The Hall–Kier alpha value is -3.59. The molecule has 2 atom stereocenters. The maximum absolute atomic E-state index is 13.3. The number of nitrogens with one attached hydrogen (secondary N) is 3. The van der Waals surface area contributed by atoms with E-state index in [0.29, 0.717) is 53.1 Å². The Morgan fingerprint density at radius 1 is 1.33 bits per heavy atom. The maximum atomic E-state index is 13.3. The first-order valence-electron chi connectivity index (χ1n) is 12.4. The van der Waals surface area contributed by atoms with Gasteiger partial charge in [0.25, 0.3) is 11.8 Å². The predicted octanol–water partition coefficient (Wildman–Crippen LogP) is 4.29. The lowest BCUT2D eigenvalue weighted by molar-refractivity contribution is 0.0127. The SMILES string of the molecule is CNC(=O)c1c(C)oc2cc(OC(CC=N)c3[nH]cc(C(=O)N4CCC5(CCCO5)C4)c3C)ccc12. The lowest BCUT2D eigenvalue weighted by Crippen LogP contribution is -2.35. The molecule has 2 fully saturated rings. The quantitative estimate of drug-likeness (QED) is 0.425. The van der Waals surface area contributed by atoms with E-state index >= 15 is 0 Å². The first kappa shape index (κ1) is 24.1. The third kappa shape index (κ3) is 4.17. The molecule has 2 unspecified atom stereocenters. The van der Waals surface area contributed by atoms with Gasteiger partial charge in [0.15, 0.2) is 0 Å². The van der Waals surface area contributed by atoms with Crippen LogP contribution in [0.25, 0.3) is 11.0 Å². The zero-order valence-electron chi connectivity index (χ0n) is 20.9. The summed E-state index contributed by atoms with van der Waals surface area (Å²) < 4.78 is 18.1. The number of ether oxygens (including phenoxy) is 2. The number of amides is 2. The highest BCUT2D eigenvalue weighted by Crippen LogP contribution is 2.37. The average Bonchev–Trinajstić information content (AvgIpc) is 3.65. The number of hydrogen-bond acceptors (Lipinski definition) is 6. The molecule has 2 aliphatic rings. The fourth-order valence-corrected chi connectivity index (χ4v) is 5.51. The molecule has 9 heteroatoms. The molecule has 2 aliphatic heterocycles. The number of aromatic amines is 1. The summed E-state index contributed by atoms with van der Waals surface area (Å²) in [4.78, 5) is 30.7. The summed E-state index contributed by atoms with van der Waals surface area (Å²) in [5.74, 6) is 0.871. The van der Waals surface area contributed by atoms with Gasteiger partial charge < -0.3 is 34.5 Å². The van der Waals surface area contributed by atoms with Crippen molar-refractivity contribution in [3.05, 3.63) is 52.5 Å². The van der Waals surface area contributed by atoms with Gasteiger partial charge in [-0.2, -0.15) is 0 Å². The summed E-state index contributed by atoms with van der Waals surface area (Å²) in [5.41, 5.74) is 3.07. The van der Waals surface area contributed by atoms with Crippen molar-refractivity contribution in [2.45, 2.75) is 51.2 Å². The zero-order chi connectivity index (χ0) is 25.4. The van der Waals surface area contributed by atoms with Gasteiger partial charge in [-0.25, -0.2) is 0 Å². The minimum absolute atomic E-state index is 0.00908. The van der Waals surface area contributed by atoms with Crippen LogP contribution < -0.4 is 10.1 Å². The van der Waals surface area contributed by atoms with Crippen LogP contribution in [0.15, 0.2) is 28.8 Å². The van der Waals surface area contributed by atoms with E-state index in [0.717, 1.165) is 37.1 Å². The van der Waals surface area contributed by atoms with E-state index in [9.17, 15) is 9.59 Å². The van der Waals surface area contributed by atoms with Crippen LogP contribution in [0.5, 0.6) is 5.75 Å². The van der Waals surface area contributed by atoms with E-state index in [1.54, 1.807) is 38.4 Å². The molecule has 3 N–H and O–H groups in total. The summed E-state index contributed by atoms with van der Waals surface area (Å²) in [7, 11) is 1.59. The third-order valence-electron chi connectivity index (χ3n) is 7.42. The first-order chi connectivity index (χ1) is 17.4. The molecule has 9 nitrogen and oxygen atoms in total. The average molecular weight is 493 g/mol. The molecule has 190 valence electrons. The number of carbonyl (C=O) groups is 2. The van der Waals surface area contributed by atoms with Gasteiger partial charge in [0.05, 0.1) is 29.0 Å². The molecule has 4 heterocycles. The Morgan fingerprint density at radius 3 is 2.89 bits per heavy atom. The van der Waals surface area contributed by atoms with Gasteiger partial charge in [-0.15, -0.1) is 0 Å². The van der Waals surface area contributed by atoms with Gasteiger partial charge >= 0.3 is 0 Å². The molecule has 3 aromatic rings. The number of hydrogen-bond donors (Lipinski definition) is 3. The van der Waals surface area contributed by atoms with E-state index in [-0.39, 0.29) is 17.4 Å². The number of H-pyrrole nitrogens is 1. The number of likely N-dealkylation sites (tertiary alicyclic amines) is 1. The molecule has 1 spiro atoms. The minimum atomic E-state index is -0.487. The first-order valence-corrected chi connectivity index (χ1v) is 12.4. The number of fused-ring (bicyclic) bond motifs is 1. The van der Waals surface area contributed by atoms with Crippen LogP contribution in [0.4, 0.5) is 0 Å². The molecule has 0 radical (unpaired) electrons. The number of carbonyl (C=O) groups excluding carboxylic acids is 2. The molecule has 2 aromatic heterocycles. The van der Waals surface area contributed by atoms with Crippen molar-refractivity contribution < 1.29 is 23.5 Å². The van der Waals surface area contributed by atoms with Crippen molar-refractivity contribution in [2.75, 3.05) is 26.7 Å². The Labute approximate surface area is 209 Å². The van der Waals surface area contributed by atoms with E-state index in [2.05, 4.69) is 10.3 Å². The monoisotopic (exact) mass is 492 g/mol. The number of benzene rings is 1. The molecule has 0 saturated carbocycles. The fourth-order valence-electron chi connectivity index (χ4n) is 5.51. The van der Waals surface area contributed by atoms with E-state index in [1.807, 2.05) is 11.8 Å². The largest absolute Gasteiger partial charge is 0.484 e. The highest BCUT2D eigenvalue weighted by Gasteiger charge is 2.43. The van der Waals surface area contributed by atoms with Crippen LogP contribution in [0.2, 0.25) is 0 Å². The van der Waals surface area contributed by atoms with Crippen LogP contribution >= 0.6 is 0 Å². The van der Waals surface area contributed by atoms with Crippen molar-refractivity contribution in [3.63, 3.8) is 0 Å². The Bertz CT molecular complexity index is 1320.